The zero-order valence-electron chi connectivity index (χ0n) is 12.4. The molecule has 5 unspecified atom stereocenters. The Hall–Kier alpha value is 0.0169. The molecule has 5 nitrogen and oxygen atoms in total. The van der Waals surface area contributed by atoms with Crippen LogP contribution in [0.3, 0.4) is 0 Å². The number of hydrogen-bond acceptors (Lipinski definition) is 5. The van der Waals surface area contributed by atoms with Crippen molar-refractivity contribution in [3.63, 3.8) is 0 Å². The normalized spacial score (nSPS) is 36.5. The molecular formula is C13H28O5Si. The third kappa shape index (κ3) is 3.56. The van der Waals surface area contributed by atoms with Crippen LogP contribution in [0.25, 0.3) is 0 Å². The Bertz CT molecular complexity index is 261. The maximum atomic E-state index is 10.0. The van der Waals surface area contributed by atoms with Crippen LogP contribution in [-0.2, 0) is 9.16 Å². The third-order valence-electron chi connectivity index (χ3n) is 4.49. The van der Waals surface area contributed by atoms with Gasteiger partial charge in [0.15, 0.2) is 14.6 Å². The summed E-state index contributed by atoms with van der Waals surface area (Å²) in [6, 6.07) is 2.99. The highest BCUT2D eigenvalue weighted by Gasteiger charge is 2.45. The molecule has 0 radical (unpaired) electrons. The van der Waals surface area contributed by atoms with Crippen LogP contribution in [0.2, 0.25) is 18.1 Å². The molecule has 19 heavy (non-hydrogen) atoms. The first kappa shape index (κ1) is 17.1. The van der Waals surface area contributed by atoms with Gasteiger partial charge in [0.25, 0.3) is 0 Å². The highest BCUT2D eigenvalue weighted by atomic mass is 28.4. The van der Waals surface area contributed by atoms with E-state index >= 15 is 0 Å². The number of hydrogen-bond donors (Lipinski definition) is 3. The molecule has 114 valence electrons. The van der Waals surface area contributed by atoms with E-state index in [-0.39, 0.29) is 12.5 Å². The lowest BCUT2D eigenvalue weighted by atomic mass is 9.93. The summed E-state index contributed by atoms with van der Waals surface area (Å²) < 4.78 is 11.9. The summed E-state index contributed by atoms with van der Waals surface area (Å²) in [5, 5.41) is 29.1. The van der Waals surface area contributed by atoms with Gasteiger partial charge in [-0.05, 0) is 18.1 Å². The monoisotopic (exact) mass is 292 g/mol. The third-order valence-corrected chi connectivity index (χ3v) is 9.09. The van der Waals surface area contributed by atoms with E-state index in [1.165, 1.54) is 0 Å². The lowest BCUT2D eigenvalue weighted by Gasteiger charge is -2.44. The second-order valence-electron chi connectivity index (χ2n) is 5.43. The van der Waals surface area contributed by atoms with Gasteiger partial charge < -0.3 is 24.5 Å². The molecule has 0 aromatic rings. The molecular weight excluding hydrogens is 264 g/mol. The molecule has 0 spiro atoms. The summed E-state index contributed by atoms with van der Waals surface area (Å²) in [4.78, 5) is 0. The van der Waals surface area contributed by atoms with Crippen LogP contribution >= 0.6 is 0 Å². The Labute approximate surface area is 116 Å². The zero-order valence-corrected chi connectivity index (χ0v) is 13.4. The van der Waals surface area contributed by atoms with E-state index in [9.17, 15) is 15.3 Å². The van der Waals surface area contributed by atoms with Crippen molar-refractivity contribution in [2.75, 3.05) is 6.61 Å². The van der Waals surface area contributed by atoms with Crippen LogP contribution < -0.4 is 0 Å². The lowest BCUT2D eigenvalue weighted by molar-refractivity contribution is -0.259. The summed E-state index contributed by atoms with van der Waals surface area (Å²) >= 11 is 0. The van der Waals surface area contributed by atoms with Gasteiger partial charge >= 0.3 is 0 Å². The standard InChI is InChI=1S/C13H28O5Si/c1-5-19(6-2,7-3)18-13-9(4)11(15)12(16)10(8-14)17-13/h9-16H,5-8H2,1-4H3. The van der Waals surface area contributed by atoms with Crippen LogP contribution in [0.1, 0.15) is 27.7 Å². The van der Waals surface area contributed by atoms with Crippen LogP contribution in [0.15, 0.2) is 0 Å². The Morgan fingerprint density at radius 2 is 1.58 bits per heavy atom. The predicted octanol–water partition coefficient (Wildman–Crippen LogP) is 1.08. The maximum absolute atomic E-state index is 10.0. The van der Waals surface area contributed by atoms with Gasteiger partial charge in [0.1, 0.15) is 12.2 Å². The van der Waals surface area contributed by atoms with Gasteiger partial charge in [0.05, 0.1) is 12.7 Å². The fraction of sp³-hybridized carbons (Fsp3) is 1.00. The molecule has 1 aliphatic rings. The number of rotatable bonds is 6. The summed E-state index contributed by atoms with van der Waals surface area (Å²) in [7, 11) is -1.84. The smallest absolute Gasteiger partial charge is 0.195 e. The zero-order chi connectivity index (χ0) is 14.6. The van der Waals surface area contributed by atoms with E-state index < -0.39 is 32.9 Å². The summed E-state index contributed by atoms with van der Waals surface area (Å²) in [6.07, 6.45) is -3.29. The molecule has 0 saturated carbocycles. The first-order valence-corrected chi connectivity index (χ1v) is 9.77. The van der Waals surface area contributed by atoms with Gasteiger partial charge in [-0.25, -0.2) is 0 Å². The molecule has 1 rings (SSSR count). The summed E-state index contributed by atoms with van der Waals surface area (Å²) in [6.45, 7) is 7.88. The molecule has 5 atom stereocenters. The molecule has 0 bridgehead atoms. The van der Waals surface area contributed by atoms with Crippen LogP contribution in [-0.4, -0.2) is 54.8 Å². The van der Waals surface area contributed by atoms with Crippen molar-refractivity contribution in [2.45, 2.75) is 70.4 Å². The quantitative estimate of drug-likeness (QED) is 0.639. The summed E-state index contributed by atoms with van der Waals surface area (Å²) in [5.74, 6) is -0.297. The Kier molecular flexibility index (Phi) is 6.42. The first-order chi connectivity index (χ1) is 8.94. The molecule has 6 heteroatoms. The topological polar surface area (TPSA) is 79.2 Å². The molecule has 0 aromatic heterocycles. The summed E-state index contributed by atoms with van der Waals surface area (Å²) in [5.41, 5.74) is 0. The molecule has 0 amide bonds. The van der Waals surface area contributed by atoms with Gasteiger partial charge in [-0.15, -0.1) is 0 Å². The van der Waals surface area contributed by atoms with E-state index in [1.54, 1.807) is 0 Å². The van der Waals surface area contributed by atoms with Crippen molar-refractivity contribution in [3.05, 3.63) is 0 Å². The SMILES string of the molecule is CC[Si](CC)(CC)OC1OC(CO)C(O)C(O)C1C. The van der Waals surface area contributed by atoms with Gasteiger partial charge in [-0.3, -0.25) is 0 Å². The first-order valence-electron chi connectivity index (χ1n) is 7.24. The van der Waals surface area contributed by atoms with Crippen molar-refractivity contribution in [1.82, 2.24) is 0 Å². The number of ether oxygens (including phenoxy) is 1. The number of aliphatic hydroxyl groups is 3. The molecule has 0 aromatic carbocycles. The fourth-order valence-corrected chi connectivity index (χ4v) is 5.36. The highest BCUT2D eigenvalue weighted by molar-refractivity contribution is 6.73. The minimum absolute atomic E-state index is 0.297. The Morgan fingerprint density at radius 1 is 1.05 bits per heavy atom. The van der Waals surface area contributed by atoms with Crippen molar-refractivity contribution >= 4 is 8.32 Å². The molecule has 1 saturated heterocycles. The van der Waals surface area contributed by atoms with Crippen molar-refractivity contribution in [1.29, 1.82) is 0 Å². The van der Waals surface area contributed by atoms with Crippen LogP contribution in [0.5, 0.6) is 0 Å². The van der Waals surface area contributed by atoms with Crippen molar-refractivity contribution < 1.29 is 24.5 Å². The van der Waals surface area contributed by atoms with E-state index in [1.807, 2.05) is 6.92 Å². The van der Waals surface area contributed by atoms with Gasteiger partial charge in [0, 0.05) is 5.92 Å². The second kappa shape index (κ2) is 7.15. The highest BCUT2D eigenvalue weighted by Crippen LogP contribution is 2.32. The van der Waals surface area contributed by atoms with E-state index in [4.69, 9.17) is 9.16 Å². The average Bonchev–Trinajstić information content (AvgIpc) is 2.45. The minimum Gasteiger partial charge on any atom is -0.394 e. The second-order valence-corrected chi connectivity index (χ2v) is 10.2. The van der Waals surface area contributed by atoms with E-state index in [0.717, 1.165) is 18.1 Å². The molecule has 1 aliphatic heterocycles. The largest absolute Gasteiger partial charge is 0.394 e. The average molecular weight is 292 g/mol. The molecule has 1 fully saturated rings. The van der Waals surface area contributed by atoms with Crippen LogP contribution in [0, 0.1) is 5.92 Å². The van der Waals surface area contributed by atoms with Gasteiger partial charge in [0.2, 0.25) is 0 Å². The van der Waals surface area contributed by atoms with Crippen molar-refractivity contribution in [2.24, 2.45) is 5.92 Å². The van der Waals surface area contributed by atoms with Gasteiger partial charge in [-0.2, -0.15) is 0 Å². The molecule has 1 heterocycles. The predicted molar refractivity (Wildman–Crippen MR) is 75.2 cm³/mol. The Morgan fingerprint density at radius 3 is 2.00 bits per heavy atom. The van der Waals surface area contributed by atoms with Gasteiger partial charge in [-0.1, -0.05) is 27.7 Å². The van der Waals surface area contributed by atoms with E-state index in [2.05, 4.69) is 20.8 Å². The number of aliphatic hydroxyl groups excluding tert-OH is 3. The fourth-order valence-electron chi connectivity index (χ4n) is 2.60. The minimum atomic E-state index is -1.84. The van der Waals surface area contributed by atoms with Crippen LogP contribution in [0.4, 0.5) is 0 Å². The van der Waals surface area contributed by atoms with Crippen molar-refractivity contribution in [3.8, 4) is 0 Å². The maximum Gasteiger partial charge on any atom is 0.195 e. The molecule has 0 aliphatic carbocycles. The lowest BCUT2D eigenvalue weighted by Crippen LogP contribution is -2.57. The molecule has 3 N–H and O–H groups in total. The van der Waals surface area contributed by atoms with E-state index in [0.29, 0.717) is 0 Å². The Balaban J connectivity index is 2.81.